The lowest BCUT2D eigenvalue weighted by Crippen LogP contribution is -2.44. The maximum absolute atomic E-state index is 14.4. The molecule has 2 amide bonds. The first-order valence-electron chi connectivity index (χ1n) is 15.9. The smallest absolute Gasteiger partial charge is 0.317 e. The first-order chi connectivity index (χ1) is 20.9. The van der Waals surface area contributed by atoms with Gasteiger partial charge in [0.15, 0.2) is 0 Å². The number of carbonyl (C=O) groups excluding carboxylic acids is 1. The van der Waals surface area contributed by atoms with Gasteiger partial charge in [0.05, 0.1) is 0 Å². The molecule has 224 valence electrons. The number of anilines is 1. The number of urea groups is 1. The van der Waals surface area contributed by atoms with E-state index >= 15 is 0 Å². The summed E-state index contributed by atoms with van der Waals surface area (Å²) in [5.74, 6) is 2.11. The van der Waals surface area contributed by atoms with Crippen LogP contribution < -0.4 is 5.32 Å². The quantitative estimate of drug-likeness (QED) is 0.186. The summed E-state index contributed by atoms with van der Waals surface area (Å²) in [6, 6.07) is 36.8. The maximum Gasteiger partial charge on any atom is 0.322 e. The Morgan fingerprint density at radius 3 is 1.95 bits per heavy atom. The van der Waals surface area contributed by atoms with E-state index in [0.29, 0.717) is 24.3 Å². The fourth-order valence-corrected chi connectivity index (χ4v) is 7.39. The van der Waals surface area contributed by atoms with Crippen molar-refractivity contribution in [2.45, 2.75) is 94.4 Å². The van der Waals surface area contributed by atoms with E-state index in [0.717, 1.165) is 37.1 Å². The Labute approximate surface area is 263 Å². The summed E-state index contributed by atoms with van der Waals surface area (Å²) in [4.78, 5) is 17.8. The Morgan fingerprint density at radius 1 is 0.744 bits per heavy atom. The molecule has 4 aromatic carbocycles. The monoisotopic (exact) mass is 590 g/mol. The van der Waals surface area contributed by atoms with Crippen LogP contribution in [-0.4, -0.2) is 17.0 Å². The number of rotatable bonds is 10. The molecule has 5 rings (SSSR count). The van der Waals surface area contributed by atoms with Crippen LogP contribution in [0.1, 0.15) is 98.9 Å². The zero-order chi connectivity index (χ0) is 30.2. The van der Waals surface area contributed by atoms with E-state index in [2.05, 4.69) is 141 Å². The highest BCUT2D eigenvalue weighted by Crippen LogP contribution is 2.38. The first-order valence-corrected chi connectivity index (χ1v) is 16.9. The van der Waals surface area contributed by atoms with Gasteiger partial charge in [-0.05, 0) is 77.3 Å². The second kappa shape index (κ2) is 14.8. The molecule has 0 aromatic heterocycles. The number of para-hydroxylation sites is 1. The van der Waals surface area contributed by atoms with E-state index in [9.17, 15) is 4.79 Å². The number of carbonyl (C=O) groups is 1. The highest BCUT2D eigenvalue weighted by atomic mass is 32.2. The second-order valence-corrected chi connectivity index (χ2v) is 13.5. The van der Waals surface area contributed by atoms with Crippen LogP contribution in [0.25, 0.3) is 0 Å². The third-order valence-electron chi connectivity index (χ3n) is 8.82. The third-order valence-corrected chi connectivity index (χ3v) is 10.0. The standard InChI is InChI=1S/C39H46N2OS/c1-28(2)35-19-13-20-36(29(3)4)38(35)40-39(42)41(34-24-22-32(23-25-34)31-16-9-6-10-17-31)26-33-18-11-12-21-37(33)43-27-30-14-7-5-8-15-30/h5-21,28-29,32,34H,22-27H2,1-4H3,(H,40,42). The molecule has 4 aromatic rings. The molecule has 43 heavy (non-hydrogen) atoms. The number of amides is 2. The summed E-state index contributed by atoms with van der Waals surface area (Å²) in [5, 5.41) is 3.46. The van der Waals surface area contributed by atoms with Gasteiger partial charge < -0.3 is 10.2 Å². The van der Waals surface area contributed by atoms with E-state index in [1.165, 1.54) is 32.7 Å². The Bertz CT molecular complexity index is 1430. The molecule has 1 fully saturated rings. The second-order valence-electron chi connectivity index (χ2n) is 12.5. The predicted molar refractivity (Wildman–Crippen MR) is 183 cm³/mol. The number of hydrogen-bond acceptors (Lipinski definition) is 2. The van der Waals surface area contributed by atoms with Crippen LogP contribution in [-0.2, 0) is 12.3 Å². The first kappa shape index (κ1) is 30.9. The number of nitrogens with one attached hydrogen (secondary N) is 1. The minimum Gasteiger partial charge on any atom is -0.317 e. The Hall–Kier alpha value is -3.50. The number of nitrogens with zero attached hydrogens (tertiary/aromatic N) is 1. The SMILES string of the molecule is CC(C)c1cccc(C(C)C)c1NC(=O)N(Cc1ccccc1SCc1ccccc1)C1CCC(c2ccccc2)CC1. The van der Waals surface area contributed by atoms with Gasteiger partial charge >= 0.3 is 6.03 Å². The van der Waals surface area contributed by atoms with Crippen molar-refractivity contribution >= 4 is 23.5 Å². The highest BCUT2D eigenvalue weighted by Gasteiger charge is 2.31. The van der Waals surface area contributed by atoms with Crippen molar-refractivity contribution in [1.82, 2.24) is 4.90 Å². The van der Waals surface area contributed by atoms with Crippen LogP contribution in [0.3, 0.4) is 0 Å². The summed E-state index contributed by atoms with van der Waals surface area (Å²) in [6.45, 7) is 9.43. The van der Waals surface area contributed by atoms with E-state index in [-0.39, 0.29) is 12.1 Å². The lowest BCUT2D eigenvalue weighted by atomic mass is 9.81. The molecule has 4 heteroatoms. The largest absolute Gasteiger partial charge is 0.322 e. The Kier molecular flexibility index (Phi) is 10.6. The van der Waals surface area contributed by atoms with Crippen molar-refractivity contribution in [3.63, 3.8) is 0 Å². The molecular weight excluding hydrogens is 545 g/mol. The Balaban J connectivity index is 1.41. The summed E-state index contributed by atoms with van der Waals surface area (Å²) in [5.41, 5.74) is 7.34. The number of thioether (sulfide) groups is 1. The van der Waals surface area contributed by atoms with Crippen molar-refractivity contribution in [1.29, 1.82) is 0 Å². The molecular formula is C39H46N2OS. The average molecular weight is 591 g/mol. The average Bonchev–Trinajstić information content (AvgIpc) is 3.04. The molecule has 0 atom stereocenters. The minimum atomic E-state index is 0.0148. The molecule has 0 heterocycles. The Morgan fingerprint density at radius 2 is 1.33 bits per heavy atom. The fourth-order valence-electron chi connectivity index (χ4n) is 6.38. The van der Waals surface area contributed by atoms with Gasteiger partial charge in [0.2, 0.25) is 0 Å². The molecule has 1 aliphatic rings. The highest BCUT2D eigenvalue weighted by molar-refractivity contribution is 7.98. The molecule has 1 saturated carbocycles. The van der Waals surface area contributed by atoms with E-state index < -0.39 is 0 Å². The zero-order valence-corrected chi connectivity index (χ0v) is 26.9. The molecule has 0 saturated heterocycles. The lowest BCUT2D eigenvalue weighted by Gasteiger charge is -2.38. The van der Waals surface area contributed by atoms with Gasteiger partial charge in [-0.25, -0.2) is 4.79 Å². The summed E-state index contributed by atoms with van der Waals surface area (Å²) in [7, 11) is 0. The van der Waals surface area contributed by atoms with Crippen LogP contribution in [0.15, 0.2) is 108 Å². The molecule has 0 bridgehead atoms. The fraction of sp³-hybridized carbons (Fsp3) is 0.359. The molecule has 0 unspecified atom stereocenters. The maximum atomic E-state index is 14.4. The van der Waals surface area contributed by atoms with Crippen molar-refractivity contribution in [3.05, 3.63) is 131 Å². The van der Waals surface area contributed by atoms with Crippen LogP contribution in [0.2, 0.25) is 0 Å². The van der Waals surface area contributed by atoms with E-state index in [1.807, 2.05) is 11.8 Å². The van der Waals surface area contributed by atoms with Gasteiger partial charge in [0.1, 0.15) is 0 Å². The minimum absolute atomic E-state index is 0.0148. The van der Waals surface area contributed by atoms with Crippen molar-refractivity contribution in [2.75, 3.05) is 5.32 Å². The summed E-state index contributed by atoms with van der Waals surface area (Å²) >= 11 is 1.86. The van der Waals surface area contributed by atoms with Crippen LogP contribution >= 0.6 is 11.8 Å². The van der Waals surface area contributed by atoms with Crippen molar-refractivity contribution in [2.24, 2.45) is 0 Å². The van der Waals surface area contributed by atoms with Crippen LogP contribution in [0.4, 0.5) is 10.5 Å². The topological polar surface area (TPSA) is 32.3 Å². The molecule has 1 aliphatic carbocycles. The predicted octanol–water partition coefficient (Wildman–Crippen LogP) is 11.0. The van der Waals surface area contributed by atoms with Gasteiger partial charge in [0.25, 0.3) is 0 Å². The van der Waals surface area contributed by atoms with Crippen LogP contribution in [0, 0.1) is 0 Å². The van der Waals surface area contributed by atoms with Gasteiger partial charge in [-0.1, -0.05) is 125 Å². The molecule has 0 spiro atoms. The molecule has 0 radical (unpaired) electrons. The molecule has 0 aliphatic heterocycles. The van der Waals surface area contributed by atoms with E-state index in [1.54, 1.807) is 0 Å². The van der Waals surface area contributed by atoms with Crippen molar-refractivity contribution < 1.29 is 4.79 Å². The zero-order valence-electron chi connectivity index (χ0n) is 26.1. The number of hydrogen-bond donors (Lipinski definition) is 1. The normalized spacial score (nSPS) is 16.8. The van der Waals surface area contributed by atoms with Gasteiger partial charge in [-0.3, -0.25) is 0 Å². The van der Waals surface area contributed by atoms with E-state index in [4.69, 9.17) is 0 Å². The van der Waals surface area contributed by atoms with Gasteiger partial charge in [-0.15, -0.1) is 11.8 Å². The molecule has 3 nitrogen and oxygen atoms in total. The van der Waals surface area contributed by atoms with Gasteiger partial charge in [-0.2, -0.15) is 0 Å². The van der Waals surface area contributed by atoms with Crippen LogP contribution in [0.5, 0.6) is 0 Å². The number of benzene rings is 4. The third kappa shape index (κ3) is 7.92. The van der Waals surface area contributed by atoms with Crippen molar-refractivity contribution in [3.8, 4) is 0 Å². The summed E-state index contributed by atoms with van der Waals surface area (Å²) < 4.78 is 0. The van der Waals surface area contributed by atoms with Gasteiger partial charge in [0, 0.05) is 28.9 Å². The lowest BCUT2D eigenvalue weighted by molar-refractivity contribution is 0.157. The summed E-state index contributed by atoms with van der Waals surface area (Å²) in [6.07, 6.45) is 4.22. The molecule has 1 N–H and O–H groups in total.